The maximum absolute atomic E-state index is 7.23. The molecular weight excluding hydrogens is 204 g/mol. The third-order valence-electron chi connectivity index (χ3n) is 2.08. The maximum Gasteiger partial charge on any atom is 0.0958 e. The molecule has 0 aliphatic rings. The van der Waals surface area contributed by atoms with Gasteiger partial charge < -0.3 is 5.73 Å². The van der Waals surface area contributed by atoms with Crippen LogP contribution in [0.5, 0.6) is 0 Å². The summed E-state index contributed by atoms with van der Waals surface area (Å²) in [6.45, 7) is 0. The second-order valence-electron chi connectivity index (χ2n) is 3.33. The number of hydrogen-bond acceptors (Lipinski definition) is 2. The van der Waals surface area contributed by atoms with Gasteiger partial charge in [0, 0.05) is 16.2 Å². The van der Waals surface area contributed by atoms with Crippen LogP contribution in [0, 0.1) is 5.41 Å². The fraction of sp³-hybridized carbons (Fsp3) is 0.0833. The predicted molar refractivity (Wildman–Crippen MR) is 65.4 cm³/mol. The molecule has 0 unspecified atom stereocenters. The molecule has 0 saturated heterocycles. The molecule has 0 saturated carbocycles. The second kappa shape index (κ2) is 4.28. The van der Waals surface area contributed by atoms with Crippen LogP contribution in [-0.4, -0.2) is 5.84 Å². The van der Waals surface area contributed by atoms with Crippen LogP contribution in [0.3, 0.4) is 0 Å². The van der Waals surface area contributed by atoms with Gasteiger partial charge in [0.25, 0.3) is 0 Å². The Bertz CT molecular complexity index is 459. The Morgan fingerprint density at radius 1 is 1.13 bits per heavy atom. The molecular formula is C12H12N2S. The van der Waals surface area contributed by atoms with Crippen molar-refractivity contribution in [3.8, 4) is 10.4 Å². The molecule has 0 fully saturated rings. The van der Waals surface area contributed by atoms with E-state index in [2.05, 4.69) is 18.2 Å². The highest BCUT2D eigenvalue weighted by atomic mass is 32.1. The zero-order chi connectivity index (χ0) is 10.7. The number of rotatable bonds is 3. The van der Waals surface area contributed by atoms with Crippen LogP contribution < -0.4 is 5.73 Å². The topological polar surface area (TPSA) is 49.9 Å². The minimum absolute atomic E-state index is 0.219. The van der Waals surface area contributed by atoms with Gasteiger partial charge in [-0.25, -0.2) is 0 Å². The van der Waals surface area contributed by atoms with E-state index < -0.39 is 0 Å². The largest absolute Gasteiger partial charge is 0.387 e. The smallest absolute Gasteiger partial charge is 0.0958 e. The quantitative estimate of drug-likeness (QED) is 0.601. The second-order valence-corrected chi connectivity index (χ2v) is 4.50. The molecule has 0 spiro atoms. The van der Waals surface area contributed by atoms with Crippen LogP contribution in [0.4, 0.5) is 0 Å². The van der Waals surface area contributed by atoms with Crippen molar-refractivity contribution in [1.82, 2.24) is 0 Å². The Labute approximate surface area is 92.9 Å². The lowest BCUT2D eigenvalue weighted by atomic mass is 10.2. The first-order chi connectivity index (χ1) is 7.25. The van der Waals surface area contributed by atoms with E-state index in [9.17, 15) is 0 Å². The Hall–Kier alpha value is -1.61. The molecule has 2 aromatic rings. The van der Waals surface area contributed by atoms with Gasteiger partial charge in [0.05, 0.1) is 5.84 Å². The highest BCUT2D eigenvalue weighted by Crippen LogP contribution is 2.27. The third-order valence-corrected chi connectivity index (χ3v) is 3.22. The molecule has 0 amide bonds. The normalized spacial score (nSPS) is 10.1. The molecule has 2 rings (SSSR count). The molecule has 3 heteroatoms. The molecule has 1 aromatic heterocycles. The first-order valence-electron chi connectivity index (χ1n) is 4.73. The van der Waals surface area contributed by atoms with Crippen LogP contribution in [0.15, 0.2) is 42.5 Å². The van der Waals surface area contributed by atoms with Crippen LogP contribution in [0.25, 0.3) is 10.4 Å². The molecule has 76 valence electrons. The van der Waals surface area contributed by atoms with Crippen molar-refractivity contribution < 1.29 is 0 Å². The summed E-state index contributed by atoms with van der Waals surface area (Å²) >= 11 is 1.69. The molecule has 15 heavy (non-hydrogen) atoms. The predicted octanol–water partition coefficient (Wildman–Crippen LogP) is 2.89. The van der Waals surface area contributed by atoms with Crippen molar-refractivity contribution >= 4 is 17.2 Å². The van der Waals surface area contributed by atoms with E-state index in [0.29, 0.717) is 6.42 Å². The van der Waals surface area contributed by atoms with Gasteiger partial charge >= 0.3 is 0 Å². The molecule has 1 aromatic carbocycles. The van der Waals surface area contributed by atoms with Gasteiger partial charge in [-0.1, -0.05) is 30.3 Å². The Kier molecular flexibility index (Phi) is 2.83. The number of thiophene rings is 1. The first-order valence-corrected chi connectivity index (χ1v) is 5.54. The van der Waals surface area contributed by atoms with Gasteiger partial charge in [-0.2, -0.15) is 0 Å². The Morgan fingerprint density at radius 3 is 2.53 bits per heavy atom. The molecule has 3 N–H and O–H groups in total. The minimum atomic E-state index is 0.219. The summed E-state index contributed by atoms with van der Waals surface area (Å²) in [5.74, 6) is 0.219. The summed E-state index contributed by atoms with van der Waals surface area (Å²) in [4.78, 5) is 2.37. The lowest BCUT2D eigenvalue weighted by molar-refractivity contribution is 1.29. The molecule has 0 atom stereocenters. The number of nitrogens with two attached hydrogens (primary N) is 1. The number of benzene rings is 1. The molecule has 0 aliphatic heterocycles. The molecule has 0 bridgehead atoms. The maximum atomic E-state index is 7.23. The minimum Gasteiger partial charge on any atom is -0.387 e. The lowest BCUT2D eigenvalue weighted by Gasteiger charge is -1.95. The van der Waals surface area contributed by atoms with Gasteiger partial charge in [0.15, 0.2) is 0 Å². The van der Waals surface area contributed by atoms with E-state index in [1.54, 1.807) is 11.3 Å². The summed E-state index contributed by atoms with van der Waals surface area (Å²) in [6, 6.07) is 14.4. The van der Waals surface area contributed by atoms with E-state index in [1.165, 1.54) is 10.4 Å². The van der Waals surface area contributed by atoms with Crippen LogP contribution in [0.1, 0.15) is 4.88 Å². The summed E-state index contributed by atoms with van der Waals surface area (Å²) in [5.41, 5.74) is 6.58. The van der Waals surface area contributed by atoms with Gasteiger partial charge in [0.1, 0.15) is 0 Å². The Balaban J connectivity index is 2.24. The summed E-state index contributed by atoms with van der Waals surface area (Å²) in [7, 11) is 0. The number of amidine groups is 1. The van der Waals surface area contributed by atoms with E-state index in [1.807, 2.05) is 24.3 Å². The van der Waals surface area contributed by atoms with E-state index in [-0.39, 0.29) is 5.84 Å². The molecule has 0 radical (unpaired) electrons. The number of hydrogen-bond donors (Lipinski definition) is 2. The van der Waals surface area contributed by atoms with Crippen molar-refractivity contribution in [2.24, 2.45) is 5.73 Å². The summed E-state index contributed by atoms with van der Waals surface area (Å²) in [6.07, 6.45) is 0.553. The summed E-state index contributed by atoms with van der Waals surface area (Å²) < 4.78 is 0. The standard InChI is InChI=1S/C12H12N2S/c13-12(14)8-10-6-7-11(15-10)9-4-2-1-3-5-9/h1-7H,8H2,(H3,13,14). The average Bonchev–Trinajstić information content (AvgIpc) is 2.67. The van der Waals surface area contributed by atoms with E-state index in [4.69, 9.17) is 11.1 Å². The highest BCUT2D eigenvalue weighted by molar-refractivity contribution is 7.15. The van der Waals surface area contributed by atoms with Crippen LogP contribution >= 0.6 is 11.3 Å². The first kappa shape index (κ1) is 9.93. The van der Waals surface area contributed by atoms with Gasteiger partial charge in [-0.3, -0.25) is 5.41 Å². The van der Waals surface area contributed by atoms with Crippen molar-refractivity contribution in [3.05, 3.63) is 47.3 Å². The molecule has 2 nitrogen and oxygen atoms in total. The fourth-order valence-electron chi connectivity index (χ4n) is 1.42. The zero-order valence-electron chi connectivity index (χ0n) is 8.23. The average molecular weight is 216 g/mol. The van der Waals surface area contributed by atoms with Gasteiger partial charge in [-0.15, -0.1) is 11.3 Å². The highest BCUT2D eigenvalue weighted by Gasteiger charge is 2.02. The van der Waals surface area contributed by atoms with E-state index in [0.717, 1.165) is 4.88 Å². The lowest BCUT2D eigenvalue weighted by Crippen LogP contribution is -2.11. The van der Waals surface area contributed by atoms with Crippen molar-refractivity contribution in [3.63, 3.8) is 0 Å². The van der Waals surface area contributed by atoms with Gasteiger partial charge in [0.2, 0.25) is 0 Å². The number of nitrogens with one attached hydrogen (secondary N) is 1. The third kappa shape index (κ3) is 2.44. The zero-order valence-corrected chi connectivity index (χ0v) is 9.05. The summed E-state index contributed by atoms with van der Waals surface area (Å²) in [5, 5.41) is 7.23. The van der Waals surface area contributed by atoms with Crippen molar-refractivity contribution in [1.29, 1.82) is 5.41 Å². The SMILES string of the molecule is N=C(N)Cc1ccc(-c2ccccc2)s1. The van der Waals surface area contributed by atoms with Crippen molar-refractivity contribution in [2.75, 3.05) is 0 Å². The molecule has 0 aliphatic carbocycles. The molecule has 1 heterocycles. The van der Waals surface area contributed by atoms with Crippen molar-refractivity contribution in [2.45, 2.75) is 6.42 Å². The van der Waals surface area contributed by atoms with Crippen LogP contribution in [-0.2, 0) is 6.42 Å². The van der Waals surface area contributed by atoms with Gasteiger partial charge in [-0.05, 0) is 17.7 Å². The fourth-order valence-corrected chi connectivity index (χ4v) is 2.45. The Morgan fingerprint density at radius 2 is 1.87 bits per heavy atom. The monoisotopic (exact) mass is 216 g/mol. The van der Waals surface area contributed by atoms with E-state index >= 15 is 0 Å². The van der Waals surface area contributed by atoms with Crippen LogP contribution in [0.2, 0.25) is 0 Å².